The van der Waals surface area contributed by atoms with Crippen molar-refractivity contribution >= 4 is 15.7 Å². The number of sulfone groups is 1. The number of carbonyl (C=O) groups excluding carboxylic acids is 1. The monoisotopic (exact) mass is 497 g/mol. The summed E-state index contributed by atoms with van der Waals surface area (Å²) in [5.74, 6) is -0.173. The first-order valence-corrected chi connectivity index (χ1v) is 13.3. The van der Waals surface area contributed by atoms with Crippen LogP contribution in [0, 0.1) is 13.8 Å². The summed E-state index contributed by atoms with van der Waals surface area (Å²) in [4.78, 5) is 15.2. The molecule has 0 bridgehead atoms. The SMILES string of the molecule is CCOc1cc(C2c3c(-c4cc(C)c(C)cc4O)n[nH]c3C(=O)N2C2CCS(=O)(=O)C2)ccc1O. The molecule has 3 heterocycles. The van der Waals surface area contributed by atoms with E-state index < -0.39 is 21.9 Å². The average molecular weight is 498 g/mol. The van der Waals surface area contributed by atoms with Crippen molar-refractivity contribution in [2.75, 3.05) is 18.1 Å². The second kappa shape index (κ2) is 8.30. The number of aryl methyl sites for hydroxylation is 2. The van der Waals surface area contributed by atoms with Gasteiger partial charge in [0.1, 0.15) is 17.1 Å². The molecule has 1 fully saturated rings. The lowest BCUT2D eigenvalue weighted by atomic mass is 9.93. The Kier molecular flexibility index (Phi) is 5.51. The summed E-state index contributed by atoms with van der Waals surface area (Å²) in [6, 6.07) is 7.16. The van der Waals surface area contributed by atoms with Crippen molar-refractivity contribution in [3.8, 4) is 28.5 Å². The highest BCUT2D eigenvalue weighted by atomic mass is 32.2. The van der Waals surface area contributed by atoms with E-state index in [2.05, 4.69) is 10.2 Å². The van der Waals surface area contributed by atoms with Crippen LogP contribution in [0.15, 0.2) is 30.3 Å². The van der Waals surface area contributed by atoms with Crippen LogP contribution in [0.25, 0.3) is 11.3 Å². The molecule has 9 nitrogen and oxygen atoms in total. The van der Waals surface area contributed by atoms with Gasteiger partial charge in [-0.3, -0.25) is 9.89 Å². The first-order valence-electron chi connectivity index (χ1n) is 11.5. The minimum absolute atomic E-state index is 0.0188. The zero-order valence-corrected chi connectivity index (χ0v) is 20.5. The van der Waals surface area contributed by atoms with E-state index in [0.717, 1.165) is 11.1 Å². The molecule has 1 aromatic heterocycles. The summed E-state index contributed by atoms with van der Waals surface area (Å²) in [5, 5.41) is 28.2. The van der Waals surface area contributed by atoms with Gasteiger partial charge in [0, 0.05) is 17.2 Å². The molecule has 0 radical (unpaired) electrons. The van der Waals surface area contributed by atoms with Crippen molar-refractivity contribution < 1.29 is 28.2 Å². The molecule has 0 saturated carbocycles. The molecule has 35 heavy (non-hydrogen) atoms. The zero-order chi connectivity index (χ0) is 25.1. The van der Waals surface area contributed by atoms with Crippen LogP contribution >= 0.6 is 0 Å². The molecule has 2 aromatic carbocycles. The van der Waals surface area contributed by atoms with Crippen molar-refractivity contribution in [2.24, 2.45) is 0 Å². The Labute approximate surface area is 203 Å². The molecule has 2 unspecified atom stereocenters. The van der Waals surface area contributed by atoms with Gasteiger partial charge in [-0.15, -0.1) is 0 Å². The van der Waals surface area contributed by atoms with E-state index in [9.17, 15) is 23.4 Å². The maximum Gasteiger partial charge on any atom is 0.273 e. The number of carbonyl (C=O) groups is 1. The lowest BCUT2D eigenvalue weighted by Crippen LogP contribution is -2.40. The van der Waals surface area contributed by atoms with Crippen LogP contribution in [0.5, 0.6) is 17.2 Å². The van der Waals surface area contributed by atoms with Crippen LogP contribution in [0.4, 0.5) is 0 Å². The number of nitrogens with zero attached hydrogens (tertiary/aromatic N) is 2. The number of ether oxygens (including phenoxy) is 1. The number of hydrogen-bond donors (Lipinski definition) is 3. The number of H-pyrrole nitrogens is 1. The van der Waals surface area contributed by atoms with E-state index in [1.807, 2.05) is 19.9 Å². The Morgan fingerprint density at radius 1 is 1.14 bits per heavy atom. The van der Waals surface area contributed by atoms with E-state index in [1.165, 1.54) is 6.07 Å². The van der Waals surface area contributed by atoms with E-state index >= 15 is 0 Å². The third kappa shape index (κ3) is 3.81. The van der Waals surface area contributed by atoms with Crippen LogP contribution in [0.3, 0.4) is 0 Å². The lowest BCUT2D eigenvalue weighted by Gasteiger charge is -2.31. The maximum atomic E-state index is 13.6. The minimum Gasteiger partial charge on any atom is -0.507 e. The Balaban J connectivity index is 1.71. The fourth-order valence-corrected chi connectivity index (χ4v) is 6.74. The number of fused-ring (bicyclic) bond motifs is 1. The highest BCUT2D eigenvalue weighted by Gasteiger charge is 2.48. The van der Waals surface area contributed by atoms with Gasteiger partial charge >= 0.3 is 0 Å². The third-order valence-corrected chi connectivity index (χ3v) is 8.62. The number of aromatic hydroxyl groups is 2. The number of nitrogens with one attached hydrogen (secondary N) is 1. The third-order valence-electron chi connectivity index (χ3n) is 6.87. The molecule has 2 aliphatic rings. The van der Waals surface area contributed by atoms with E-state index in [-0.39, 0.29) is 40.4 Å². The van der Waals surface area contributed by atoms with Crippen LogP contribution in [-0.4, -0.2) is 63.8 Å². The van der Waals surface area contributed by atoms with Gasteiger partial charge in [0.15, 0.2) is 21.3 Å². The van der Waals surface area contributed by atoms with Crippen molar-refractivity contribution in [1.82, 2.24) is 15.1 Å². The normalized spacial score (nSPS) is 20.9. The number of hydrogen-bond acceptors (Lipinski definition) is 7. The number of aromatic amines is 1. The van der Waals surface area contributed by atoms with E-state index in [1.54, 1.807) is 30.0 Å². The second-order valence-corrected chi connectivity index (χ2v) is 11.4. The number of amides is 1. The molecule has 1 saturated heterocycles. The number of phenols is 2. The van der Waals surface area contributed by atoms with Crippen LogP contribution < -0.4 is 4.74 Å². The molecule has 3 aromatic rings. The second-order valence-electron chi connectivity index (χ2n) is 9.15. The summed E-state index contributed by atoms with van der Waals surface area (Å²) in [6.45, 7) is 5.96. The molecule has 184 valence electrons. The van der Waals surface area contributed by atoms with Gasteiger partial charge < -0.3 is 19.8 Å². The van der Waals surface area contributed by atoms with Gasteiger partial charge in [0.05, 0.1) is 24.2 Å². The molecule has 1 amide bonds. The van der Waals surface area contributed by atoms with E-state index in [0.29, 0.717) is 35.4 Å². The molecule has 0 spiro atoms. The standard InChI is InChI=1S/C25H27N3O6S/c1-4-34-20-11-15(5-6-18(20)29)24-21-22(17-9-13(2)14(3)10-19(17)30)26-27-23(21)25(31)28(24)16-7-8-35(32,33)12-16/h5-6,9-11,16,24,29-30H,4,7-8,12H2,1-3H3,(H,26,27). The zero-order valence-electron chi connectivity index (χ0n) is 19.7. The summed E-state index contributed by atoms with van der Waals surface area (Å²) < 4.78 is 30.2. The highest BCUT2D eigenvalue weighted by Crippen LogP contribution is 2.47. The number of benzene rings is 2. The Morgan fingerprint density at radius 3 is 2.57 bits per heavy atom. The number of rotatable bonds is 5. The Hall–Kier alpha value is -3.53. The molecule has 0 aliphatic carbocycles. The first-order chi connectivity index (χ1) is 16.6. The van der Waals surface area contributed by atoms with E-state index in [4.69, 9.17) is 4.74 Å². The number of aromatic nitrogens is 2. The fourth-order valence-electron chi connectivity index (χ4n) is 5.03. The first kappa shape index (κ1) is 23.2. The molecule has 2 aliphatic heterocycles. The lowest BCUT2D eigenvalue weighted by molar-refractivity contribution is 0.0677. The smallest absolute Gasteiger partial charge is 0.273 e. The van der Waals surface area contributed by atoms with Gasteiger partial charge in [0.25, 0.3) is 5.91 Å². The molecule has 5 rings (SSSR count). The summed E-state index contributed by atoms with van der Waals surface area (Å²) in [7, 11) is -3.26. The minimum atomic E-state index is -3.26. The Bertz CT molecular complexity index is 1450. The predicted molar refractivity (Wildman–Crippen MR) is 130 cm³/mol. The maximum absolute atomic E-state index is 13.6. The fraction of sp³-hybridized carbons (Fsp3) is 0.360. The van der Waals surface area contributed by atoms with Crippen LogP contribution in [-0.2, 0) is 9.84 Å². The van der Waals surface area contributed by atoms with Gasteiger partial charge in [-0.05, 0) is 68.1 Å². The van der Waals surface area contributed by atoms with Crippen molar-refractivity contribution in [2.45, 2.75) is 39.3 Å². The van der Waals surface area contributed by atoms with Crippen LogP contribution in [0.2, 0.25) is 0 Å². The summed E-state index contributed by atoms with van der Waals surface area (Å²) in [6.07, 6.45) is 0.336. The predicted octanol–water partition coefficient (Wildman–Crippen LogP) is 3.24. The van der Waals surface area contributed by atoms with Crippen molar-refractivity contribution in [3.63, 3.8) is 0 Å². The van der Waals surface area contributed by atoms with Crippen molar-refractivity contribution in [3.05, 3.63) is 58.3 Å². The molecule has 10 heteroatoms. The molecule has 2 atom stereocenters. The Morgan fingerprint density at radius 2 is 1.89 bits per heavy atom. The highest BCUT2D eigenvalue weighted by molar-refractivity contribution is 7.91. The summed E-state index contributed by atoms with van der Waals surface area (Å²) in [5.41, 5.74) is 4.25. The average Bonchev–Trinajstić information content (AvgIpc) is 3.46. The molecule has 3 N–H and O–H groups in total. The van der Waals surface area contributed by atoms with Gasteiger partial charge in [-0.1, -0.05) is 6.07 Å². The van der Waals surface area contributed by atoms with Crippen LogP contribution in [0.1, 0.15) is 52.1 Å². The van der Waals surface area contributed by atoms with Gasteiger partial charge in [-0.25, -0.2) is 8.42 Å². The van der Waals surface area contributed by atoms with Gasteiger partial charge in [0.2, 0.25) is 0 Å². The largest absolute Gasteiger partial charge is 0.507 e. The van der Waals surface area contributed by atoms with Gasteiger partial charge in [-0.2, -0.15) is 5.10 Å². The summed E-state index contributed by atoms with van der Waals surface area (Å²) >= 11 is 0. The molecular weight excluding hydrogens is 470 g/mol. The topological polar surface area (TPSA) is 133 Å². The van der Waals surface area contributed by atoms with Crippen molar-refractivity contribution in [1.29, 1.82) is 0 Å². The number of phenolic OH excluding ortho intramolecular Hbond substituents is 2. The molecular formula is C25H27N3O6S. The quantitative estimate of drug-likeness (QED) is 0.493.